The van der Waals surface area contributed by atoms with Crippen molar-refractivity contribution in [1.29, 1.82) is 0 Å². The van der Waals surface area contributed by atoms with Crippen LogP contribution in [0.15, 0.2) is 18.2 Å². The zero-order valence-corrected chi connectivity index (χ0v) is 16.2. The Morgan fingerprint density at radius 2 is 2.15 bits per heavy atom. The van der Waals surface area contributed by atoms with E-state index in [9.17, 15) is 14.4 Å². The van der Waals surface area contributed by atoms with E-state index in [2.05, 4.69) is 21.2 Å². The van der Waals surface area contributed by atoms with Gasteiger partial charge in [0.05, 0.1) is 16.7 Å². The number of nitrogens with one attached hydrogen (secondary N) is 1. The Kier molecular flexibility index (Phi) is 4.47. The number of alkyl halides is 1. The number of anilines is 1. The minimum absolute atomic E-state index is 0.00665. The van der Waals surface area contributed by atoms with Crippen LogP contribution in [-0.4, -0.2) is 35.4 Å². The number of rotatable bonds is 4. The Bertz CT molecular complexity index is 800. The SMILES string of the molecule is Cc1ccc(Cl)cc1NC(=O)COC(=O)[C@@H]1[C@H]2C[C@H]3[C@H](OC(=O)[C@@H]31)[C@H]2Br. The van der Waals surface area contributed by atoms with E-state index >= 15 is 0 Å². The standard InChI is InChI=1S/C18H17BrClNO5/c1-7-2-3-8(20)4-11(7)21-12(22)6-25-17(23)13-9-5-10-14(13)18(24)26-16(10)15(9)19/h2-4,9-10,13-16H,5-6H2,1H3,(H,21,22)/t9-,10-,13-,14+,15+,16+/m1/s1. The van der Waals surface area contributed by atoms with Crippen LogP contribution in [0.1, 0.15) is 12.0 Å². The lowest BCUT2D eigenvalue weighted by Gasteiger charge is -2.26. The largest absolute Gasteiger partial charge is 0.461 e. The second kappa shape index (κ2) is 6.53. The zero-order chi connectivity index (χ0) is 18.6. The third kappa shape index (κ3) is 2.81. The van der Waals surface area contributed by atoms with Gasteiger partial charge in [0.2, 0.25) is 0 Å². The van der Waals surface area contributed by atoms with Gasteiger partial charge in [-0.3, -0.25) is 14.4 Å². The molecule has 26 heavy (non-hydrogen) atoms. The predicted octanol–water partition coefficient (Wildman–Crippen LogP) is 2.70. The number of ether oxygens (including phenoxy) is 2. The molecular formula is C18H17BrClNO5. The molecule has 1 amide bonds. The minimum atomic E-state index is -0.545. The summed E-state index contributed by atoms with van der Waals surface area (Å²) < 4.78 is 10.6. The van der Waals surface area contributed by atoms with Crippen molar-refractivity contribution in [2.75, 3.05) is 11.9 Å². The first-order chi connectivity index (χ1) is 12.4. The monoisotopic (exact) mass is 441 g/mol. The maximum absolute atomic E-state index is 12.5. The number of carbonyl (C=O) groups is 3. The number of carbonyl (C=O) groups excluding carboxylic acids is 3. The Morgan fingerprint density at radius 1 is 1.38 bits per heavy atom. The van der Waals surface area contributed by atoms with E-state index in [0.29, 0.717) is 10.7 Å². The van der Waals surface area contributed by atoms with Crippen molar-refractivity contribution in [3.05, 3.63) is 28.8 Å². The van der Waals surface area contributed by atoms with Gasteiger partial charge < -0.3 is 14.8 Å². The topological polar surface area (TPSA) is 81.7 Å². The highest BCUT2D eigenvalue weighted by molar-refractivity contribution is 9.09. The number of benzene rings is 1. The first kappa shape index (κ1) is 17.8. The van der Waals surface area contributed by atoms with Gasteiger partial charge in [0.1, 0.15) is 6.10 Å². The second-order valence-electron chi connectivity index (χ2n) is 7.08. The normalized spacial score (nSPS) is 33.9. The van der Waals surface area contributed by atoms with E-state index in [4.69, 9.17) is 21.1 Å². The molecule has 6 atom stereocenters. The Morgan fingerprint density at radius 3 is 2.92 bits per heavy atom. The molecule has 2 aliphatic carbocycles. The molecule has 1 N–H and O–H groups in total. The molecule has 0 radical (unpaired) electrons. The summed E-state index contributed by atoms with van der Waals surface area (Å²) in [4.78, 5) is 36.7. The minimum Gasteiger partial charge on any atom is -0.461 e. The Labute approximate surface area is 163 Å². The molecule has 1 aliphatic heterocycles. The van der Waals surface area contributed by atoms with E-state index in [-0.39, 0.29) is 28.7 Å². The molecule has 8 heteroatoms. The summed E-state index contributed by atoms with van der Waals surface area (Å²) in [6.45, 7) is 1.43. The number of aryl methyl sites for hydroxylation is 1. The van der Waals surface area contributed by atoms with Crippen molar-refractivity contribution in [3.8, 4) is 0 Å². The molecule has 0 aromatic heterocycles. The number of hydrogen-bond acceptors (Lipinski definition) is 5. The van der Waals surface area contributed by atoms with Crippen LogP contribution in [0.25, 0.3) is 0 Å². The molecule has 2 saturated carbocycles. The van der Waals surface area contributed by atoms with Gasteiger partial charge in [0.25, 0.3) is 5.91 Å². The summed E-state index contributed by atoms with van der Waals surface area (Å²) in [6.07, 6.45) is 0.626. The molecular weight excluding hydrogens is 426 g/mol. The van der Waals surface area contributed by atoms with Crippen LogP contribution in [0.3, 0.4) is 0 Å². The van der Waals surface area contributed by atoms with Gasteiger partial charge in [0.15, 0.2) is 6.61 Å². The maximum Gasteiger partial charge on any atom is 0.310 e. The molecule has 3 aliphatic rings. The van der Waals surface area contributed by atoms with E-state index < -0.39 is 30.3 Å². The lowest BCUT2D eigenvalue weighted by Crippen LogP contribution is -2.39. The van der Waals surface area contributed by atoms with E-state index in [1.165, 1.54) is 0 Å². The fraction of sp³-hybridized carbons (Fsp3) is 0.500. The first-order valence-corrected chi connectivity index (χ1v) is 9.73. The van der Waals surface area contributed by atoms with Crippen LogP contribution in [0.2, 0.25) is 5.02 Å². The van der Waals surface area contributed by atoms with Crippen molar-refractivity contribution < 1.29 is 23.9 Å². The lowest BCUT2D eigenvalue weighted by atomic mass is 9.80. The maximum atomic E-state index is 12.5. The fourth-order valence-electron chi connectivity index (χ4n) is 4.44. The fourth-order valence-corrected chi connectivity index (χ4v) is 5.66. The summed E-state index contributed by atoms with van der Waals surface area (Å²) >= 11 is 9.48. The van der Waals surface area contributed by atoms with Gasteiger partial charge in [-0.2, -0.15) is 0 Å². The summed E-state index contributed by atoms with van der Waals surface area (Å²) in [6, 6.07) is 5.15. The quantitative estimate of drug-likeness (QED) is 0.573. The highest BCUT2D eigenvalue weighted by atomic mass is 79.9. The Hall–Kier alpha value is -1.60. The molecule has 138 valence electrons. The smallest absolute Gasteiger partial charge is 0.310 e. The number of fused-ring (bicyclic) bond motifs is 1. The summed E-state index contributed by atoms with van der Waals surface area (Å²) in [7, 11) is 0. The molecule has 0 unspecified atom stereocenters. The molecule has 1 aromatic rings. The molecule has 4 rings (SSSR count). The molecule has 1 saturated heterocycles. The van der Waals surface area contributed by atoms with Gasteiger partial charge in [0, 0.05) is 16.6 Å². The summed E-state index contributed by atoms with van der Waals surface area (Å²) in [5.41, 5.74) is 1.42. The summed E-state index contributed by atoms with van der Waals surface area (Å²) in [5.74, 6) is -2.20. The van der Waals surface area contributed by atoms with Crippen molar-refractivity contribution in [2.45, 2.75) is 24.3 Å². The van der Waals surface area contributed by atoms with Crippen molar-refractivity contribution in [3.63, 3.8) is 0 Å². The zero-order valence-electron chi connectivity index (χ0n) is 13.9. The molecule has 1 aromatic carbocycles. The van der Waals surface area contributed by atoms with Crippen molar-refractivity contribution in [2.24, 2.45) is 23.7 Å². The van der Waals surface area contributed by atoms with E-state index in [1.807, 2.05) is 6.92 Å². The van der Waals surface area contributed by atoms with Crippen LogP contribution >= 0.6 is 27.5 Å². The molecule has 6 nitrogen and oxygen atoms in total. The number of halogens is 2. The van der Waals surface area contributed by atoms with Gasteiger partial charge in [-0.05, 0) is 37.0 Å². The average molecular weight is 443 g/mol. The highest BCUT2D eigenvalue weighted by Crippen LogP contribution is 2.60. The number of amides is 1. The third-order valence-corrected chi connectivity index (χ3v) is 7.05. The second-order valence-corrected chi connectivity index (χ2v) is 8.57. The van der Waals surface area contributed by atoms with Crippen LogP contribution in [-0.2, 0) is 23.9 Å². The average Bonchev–Trinajstić information content (AvgIpc) is 3.20. The van der Waals surface area contributed by atoms with E-state index in [0.717, 1.165) is 12.0 Å². The van der Waals surface area contributed by atoms with Crippen LogP contribution in [0, 0.1) is 30.6 Å². The van der Waals surface area contributed by atoms with Gasteiger partial charge in [-0.15, -0.1) is 0 Å². The third-order valence-electron chi connectivity index (χ3n) is 5.61. The van der Waals surface area contributed by atoms with Crippen molar-refractivity contribution in [1.82, 2.24) is 0 Å². The van der Waals surface area contributed by atoms with Crippen LogP contribution < -0.4 is 5.32 Å². The first-order valence-electron chi connectivity index (χ1n) is 8.44. The molecule has 2 bridgehead atoms. The number of hydrogen-bond donors (Lipinski definition) is 1. The Balaban J connectivity index is 1.38. The van der Waals surface area contributed by atoms with Crippen LogP contribution in [0.5, 0.6) is 0 Å². The lowest BCUT2D eigenvalue weighted by molar-refractivity contribution is -0.157. The molecule has 3 fully saturated rings. The highest BCUT2D eigenvalue weighted by Gasteiger charge is 2.68. The van der Waals surface area contributed by atoms with Gasteiger partial charge in [-0.25, -0.2) is 0 Å². The summed E-state index contributed by atoms with van der Waals surface area (Å²) in [5, 5.41) is 3.18. The predicted molar refractivity (Wildman–Crippen MR) is 96.9 cm³/mol. The number of esters is 2. The van der Waals surface area contributed by atoms with E-state index in [1.54, 1.807) is 18.2 Å². The van der Waals surface area contributed by atoms with Crippen LogP contribution in [0.4, 0.5) is 5.69 Å². The molecule has 0 spiro atoms. The molecule has 1 heterocycles. The van der Waals surface area contributed by atoms with Gasteiger partial charge in [-0.1, -0.05) is 33.6 Å². The van der Waals surface area contributed by atoms with Crippen molar-refractivity contribution >= 4 is 51.1 Å². The van der Waals surface area contributed by atoms with Gasteiger partial charge >= 0.3 is 11.9 Å².